The number of aliphatic hydroxyl groups excluding tert-OH is 1. The lowest BCUT2D eigenvalue weighted by atomic mass is 9.85. The molecule has 0 fully saturated rings. The van der Waals surface area contributed by atoms with Crippen molar-refractivity contribution in [3.05, 3.63) is 24.0 Å². The third-order valence-corrected chi connectivity index (χ3v) is 2.11. The predicted molar refractivity (Wildman–Crippen MR) is 55.2 cm³/mol. The van der Waals surface area contributed by atoms with Crippen LogP contribution < -0.4 is 4.74 Å². The van der Waals surface area contributed by atoms with Gasteiger partial charge in [-0.15, -0.1) is 0 Å². The first-order valence-corrected chi connectivity index (χ1v) is 4.62. The van der Waals surface area contributed by atoms with E-state index in [1.165, 1.54) is 0 Å². The average molecular weight is 195 g/mol. The molecule has 1 rings (SSSR count). The van der Waals surface area contributed by atoms with E-state index in [1.54, 1.807) is 19.5 Å². The molecule has 0 aromatic carbocycles. The first-order valence-electron chi connectivity index (χ1n) is 4.62. The normalized spacial score (nSPS) is 13.8. The van der Waals surface area contributed by atoms with Gasteiger partial charge in [0, 0.05) is 11.8 Å². The molecule has 0 amide bonds. The van der Waals surface area contributed by atoms with Gasteiger partial charge >= 0.3 is 0 Å². The second-order valence-electron chi connectivity index (χ2n) is 4.43. The van der Waals surface area contributed by atoms with Crippen molar-refractivity contribution in [1.29, 1.82) is 0 Å². The van der Waals surface area contributed by atoms with Crippen LogP contribution in [0, 0.1) is 5.41 Å². The lowest BCUT2D eigenvalue weighted by Gasteiger charge is -2.25. The summed E-state index contributed by atoms with van der Waals surface area (Å²) in [5.41, 5.74) is 0.602. The fourth-order valence-electron chi connectivity index (χ4n) is 1.20. The maximum absolute atomic E-state index is 9.98. The van der Waals surface area contributed by atoms with Crippen molar-refractivity contribution in [3.63, 3.8) is 0 Å². The predicted octanol–water partition coefficient (Wildman–Crippen LogP) is 2.17. The van der Waals surface area contributed by atoms with E-state index in [4.69, 9.17) is 4.74 Å². The van der Waals surface area contributed by atoms with Gasteiger partial charge in [-0.25, -0.2) is 0 Å². The number of pyridine rings is 1. The monoisotopic (exact) mass is 195 g/mol. The molecule has 0 aliphatic carbocycles. The summed E-state index contributed by atoms with van der Waals surface area (Å²) in [4.78, 5) is 4.01. The Kier molecular flexibility index (Phi) is 3.11. The maximum atomic E-state index is 9.98. The van der Waals surface area contributed by atoms with Crippen LogP contribution in [0.15, 0.2) is 18.5 Å². The molecule has 0 spiro atoms. The molecule has 14 heavy (non-hydrogen) atoms. The molecule has 0 bridgehead atoms. The smallest absolute Gasteiger partial charge is 0.137 e. The summed E-state index contributed by atoms with van der Waals surface area (Å²) in [6.07, 6.45) is 2.77. The third kappa shape index (κ3) is 2.45. The Labute approximate surface area is 84.7 Å². The Morgan fingerprint density at radius 3 is 2.50 bits per heavy atom. The molecule has 1 unspecified atom stereocenters. The number of ether oxygens (including phenoxy) is 1. The van der Waals surface area contributed by atoms with Gasteiger partial charge in [0.15, 0.2) is 0 Å². The number of methoxy groups -OCH3 is 1. The van der Waals surface area contributed by atoms with Gasteiger partial charge in [0.25, 0.3) is 0 Å². The molecule has 3 nitrogen and oxygen atoms in total. The minimum absolute atomic E-state index is 0.186. The molecule has 3 heteroatoms. The molecule has 0 radical (unpaired) electrons. The van der Waals surface area contributed by atoms with Crippen molar-refractivity contribution in [1.82, 2.24) is 4.98 Å². The van der Waals surface area contributed by atoms with E-state index in [2.05, 4.69) is 4.98 Å². The maximum Gasteiger partial charge on any atom is 0.137 e. The Morgan fingerprint density at radius 1 is 1.36 bits per heavy atom. The molecule has 0 aliphatic heterocycles. The number of hydrogen-bond donors (Lipinski definition) is 1. The van der Waals surface area contributed by atoms with Crippen molar-refractivity contribution in [2.75, 3.05) is 7.11 Å². The fraction of sp³-hybridized carbons (Fsp3) is 0.545. The Balaban J connectivity index is 2.95. The number of hydrogen-bond acceptors (Lipinski definition) is 3. The highest BCUT2D eigenvalue weighted by atomic mass is 16.5. The van der Waals surface area contributed by atoms with Gasteiger partial charge in [0.2, 0.25) is 0 Å². The van der Waals surface area contributed by atoms with E-state index in [1.807, 2.05) is 26.8 Å². The third-order valence-electron chi connectivity index (χ3n) is 2.11. The van der Waals surface area contributed by atoms with Gasteiger partial charge in [0.05, 0.1) is 19.4 Å². The van der Waals surface area contributed by atoms with Crippen LogP contribution in [0.1, 0.15) is 32.4 Å². The van der Waals surface area contributed by atoms with Crippen LogP contribution in [0.5, 0.6) is 5.75 Å². The Morgan fingerprint density at radius 2 is 2.00 bits per heavy atom. The van der Waals surface area contributed by atoms with E-state index in [0.29, 0.717) is 5.75 Å². The summed E-state index contributed by atoms with van der Waals surface area (Å²) in [5, 5.41) is 9.98. The zero-order valence-corrected chi connectivity index (χ0v) is 9.11. The minimum atomic E-state index is -0.523. The molecule has 0 aliphatic rings. The molecule has 1 heterocycles. The molecule has 1 atom stereocenters. The average Bonchev–Trinajstić information content (AvgIpc) is 2.15. The summed E-state index contributed by atoms with van der Waals surface area (Å²) >= 11 is 0. The topological polar surface area (TPSA) is 42.4 Å². The molecule has 1 aromatic heterocycles. The Bertz CT molecular complexity index is 304. The van der Waals surface area contributed by atoms with Gasteiger partial charge in [-0.2, -0.15) is 0 Å². The standard InChI is InChI=1S/C11H17NO2/c1-11(2,3)10(13)8-5-9(14-4)7-12-6-8/h5-7,10,13H,1-4H3. The lowest BCUT2D eigenvalue weighted by Crippen LogP contribution is -2.17. The SMILES string of the molecule is COc1cncc(C(O)C(C)(C)C)c1. The molecule has 0 saturated heterocycles. The van der Waals surface area contributed by atoms with E-state index >= 15 is 0 Å². The van der Waals surface area contributed by atoms with E-state index in [0.717, 1.165) is 5.56 Å². The number of nitrogens with zero attached hydrogens (tertiary/aromatic N) is 1. The van der Waals surface area contributed by atoms with Crippen LogP contribution in [0.4, 0.5) is 0 Å². The van der Waals surface area contributed by atoms with Crippen molar-refractivity contribution in [2.24, 2.45) is 5.41 Å². The quantitative estimate of drug-likeness (QED) is 0.786. The van der Waals surface area contributed by atoms with Gasteiger partial charge < -0.3 is 9.84 Å². The highest BCUT2D eigenvalue weighted by Gasteiger charge is 2.24. The second-order valence-corrected chi connectivity index (χ2v) is 4.43. The van der Waals surface area contributed by atoms with Crippen molar-refractivity contribution < 1.29 is 9.84 Å². The summed E-state index contributed by atoms with van der Waals surface area (Å²) in [6.45, 7) is 5.95. The zero-order chi connectivity index (χ0) is 10.8. The second kappa shape index (κ2) is 3.96. The van der Waals surface area contributed by atoms with Crippen LogP contribution in [0.25, 0.3) is 0 Å². The highest BCUT2D eigenvalue weighted by Crippen LogP contribution is 2.33. The molecular formula is C11H17NO2. The van der Waals surface area contributed by atoms with Crippen LogP contribution in [0.3, 0.4) is 0 Å². The Hall–Kier alpha value is -1.09. The van der Waals surface area contributed by atoms with Crippen molar-refractivity contribution in [2.45, 2.75) is 26.9 Å². The van der Waals surface area contributed by atoms with Gasteiger partial charge in [0.1, 0.15) is 5.75 Å². The first kappa shape index (κ1) is 11.0. The van der Waals surface area contributed by atoms with Crippen LogP contribution in [0.2, 0.25) is 0 Å². The molecule has 1 aromatic rings. The van der Waals surface area contributed by atoms with Crippen LogP contribution in [-0.4, -0.2) is 17.2 Å². The molecule has 1 N–H and O–H groups in total. The molecule has 0 saturated carbocycles. The zero-order valence-electron chi connectivity index (χ0n) is 9.11. The number of aromatic nitrogens is 1. The van der Waals surface area contributed by atoms with Crippen molar-refractivity contribution in [3.8, 4) is 5.75 Å². The summed E-state index contributed by atoms with van der Waals surface area (Å²) in [7, 11) is 1.59. The van der Waals surface area contributed by atoms with E-state index in [9.17, 15) is 5.11 Å². The van der Waals surface area contributed by atoms with Crippen LogP contribution in [-0.2, 0) is 0 Å². The summed E-state index contributed by atoms with van der Waals surface area (Å²) < 4.78 is 5.04. The molecular weight excluding hydrogens is 178 g/mol. The highest BCUT2D eigenvalue weighted by molar-refractivity contribution is 5.25. The summed E-state index contributed by atoms with van der Waals surface area (Å²) in [6, 6.07) is 1.81. The molecule has 78 valence electrons. The van der Waals surface area contributed by atoms with E-state index in [-0.39, 0.29) is 5.41 Å². The minimum Gasteiger partial charge on any atom is -0.495 e. The number of aliphatic hydroxyl groups is 1. The number of rotatable bonds is 2. The van der Waals surface area contributed by atoms with Crippen molar-refractivity contribution >= 4 is 0 Å². The van der Waals surface area contributed by atoms with Gasteiger partial charge in [-0.3, -0.25) is 4.98 Å². The van der Waals surface area contributed by atoms with E-state index < -0.39 is 6.10 Å². The van der Waals surface area contributed by atoms with Gasteiger partial charge in [-0.05, 0) is 11.5 Å². The van der Waals surface area contributed by atoms with Crippen LogP contribution >= 0.6 is 0 Å². The lowest BCUT2D eigenvalue weighted by molar-refractivity contribution is 0.0622. The fourth-order valence-corrected chi connectivity index (χ4v) is 1.20. The summed E-state index contributed by atoms with van der Waals surface area (Å²) in [5.74, 6) is 0.672. The largest absolute Gasteiger partial charge is 0.495 e. The van der Waals surface area contributed by atoms with Gasteiger partial charge in [-0.1, -0.05) is 20.8 Å². The first-order chi connectivity index (χ1) is 6.45.